The molecule has 3 aliphatic rings. The number of fused-ring (bicyclic) bond motifs is 2. The van der Waals surface area contributed by atoms with Crippen molar-refractivity contribution >= 4 is 40.5 Å². The van der Waals surface area contributed by atoms with Crippen molar-refractivity contribution in [3.05, 3.63) is 70.3 Å². The van der Waals surface area contributed by atoms with Gasteiger partial charge in [-0.15, -0.1) is 0 Å². The van der Waals surface area contributed by atoms with Gasteiger partial charge in [0.05, 0.1) is 23.1 Å². The third-order valence-electron chi connectivity index (χ3n) is 10.1. The minimum atomic E-state index is -1.61. The van der Waals surface area contributed by atoms with E-state index in [2.05, 4.69) is 22.6 Å². The van der Waals surface area contributed by atoms with Crippen LogP contribution in [-0.4, -0.2) is 78.1 Å². The number of hydrogen-bond donors (Lipinski definition) is 2. The zero-order valence-corrected chi connectivity index (χ0v) is 31.2. The van der Waals surface area contributed by atoms with Crippen LogP contribution >= 0.6 is 11.6 Å². The SMILES string of the molecule is CCCc1cc(Cl)ccc1C1COc2ccc3cc2N(C1)CC1CCC1C(O)(C(C)C=O)/C=C/CC(C)C(C)S(=O)NC3=O.CN(C)C. The summed E-state index contributed by atoms with van der Waals surface area (Å²) in [5, 5.41) is 12.5. The molecule has 0 spiro atoms. The average Bonchev–Trinajstić information content (AvgIpc) is 3.20. The van der Waals surface area contributed by atoms with E-state index in [4.69, 9.17) is 16.3 Å². The fourth-order valence-electron chi connectivity index (χ4n) is 6.97. The smallest absolute Gasteiger partial charge is 0.263 e. The van der Waals surface area contributed by atoms with E-state index >= 15 is 0 Å². The van der Waals surface area contributed by atoms with Gasteiger partial charge >= 0.3 is 0 Å². The van der Waals surface area contributed by atoms with Crippen LogP contribution in [0, 0.1) is 23.7 Å². The van der Waals surface area contributed by atoms with Crippen molar-refractivity contribution in [2.45, 2.75) is 76.6 Å². The maximum atomic E-state index is 13.3. The largest absolute Gasteiger partial charge is 0.491 e. The lowest BCUT2D eigenvalue weighted by atomic mass is 9.61. The molecular weight excluding hydrogens is 646 g/mol. The van der Waals surface area contributed by atoms with E-state index in [9.17, 15) is 18.9 Å². The number of nitrogens with one attached hydrogen (secondary N) is 1. The minimum Gasteiger partial charge on any atom is -0.491 e. The molecule has 0 aromatic heterocycles. The van der Waals surface area contributed by atoms with Crippen molar-refractivity contribution in [3.8, 4) is 5.75 Å². The van der Waals surface area contributed by atoms with Gasteiger partial charge in [0.1, 0.15) is 23.0 Å². The van der Waals surface area contributed by atoms with Crippen LogP contribution in [0.4, 0.5) is 5.69 Å². The van der Waals surface area contributed by atoms with E-state index in [1.165, 1.54) is 11.1 Å². The van der Waals surface area contributed by atoms with Gasteiger partial charge in [-0.05, 0) is 113 Å². The Bertz CT molecular complexity index is 1480. The van der Waals surface area contributed by atoms with Crippen LogP contribution in [0.25, 0.3) is 0 Å². The molecule has 2 heterocycles. The predicted molar refractivity (Wildman–Crippen MR) is 196 cm³/mol. The highest BCUT2D eigenvalue weighted by Crippen LogP contribution is 2.48. The molecule has 1 fully saturated rings. The van der Waals surface area contributed by atoms with E-state index < -0.39 is 22.5 Å². The molecular formula is C38H54ClN3O5S. The lowest BCUT2D eigenvalue weighted by Gasteiger charge is -2.49. The molecule has 2 aliphatic heterocycles. The summed E-state index contributed by atoms with van der Waals surface area (Å²) in [6.45, 7) is 9.54. The second kappa shape index (κ2) is 16.8. The molecule has 2 bridgehead atoms. The molecule has 10 heteroatoms. The van der Waals surface area contributed by atoms with Crippen molar-refractivity contribution in [2.75, 3.05) is 45.7 Å². The Hall–Kier alpha value is -2.72. The van der Waals surface area contributed by atoms with Gasteiger partial charge in [-0.1, -0.05) is 57.0 Å². The number of aldehydes is 1. The lowest BCUT2D eigenvalue weighted by molar-refractivity contribution is -0.125. The number of aryl methyl sites for hydroxylation is 1. The molecule has 8 atom stereocenters. The Morgan fingerprint density at radius 2 is 1.90 bits per heavy atom. The van der Waals surface area contributed by atoms with Crippen LogP contribution in [0.5, 0.6) is 5.75 Å². The highest BCUT2D eigenvalue weighted by Gasteiger charge is 2.49. The minimum absolute atomic E-state index is 0.0217. The van der Waals surface area contributed by atoms with Crippen molar-refractivity contribution in [3.63, 3.8) is 0 Å². The van der Waals surface area contributed by atoms with Gasteiger partial charge in [-0.3, -0.25) is 9.52 Å². The number of rotatable bonds is 5. The van der Waals surface area contributed by atoms with E-state index in [-0.39, 0.29) is 34.8 Å². The molecule has 8 nitrogen and oxygen atoms in total. The zero-order chi connectivity index (χ0) is 35.2. The van der Waals surface area contributed by atoms with E-state index in [0.29, 0.717) is 42.5 Å². The Morgan fingerprint density at radius 3 is 2.54 bits per heavy atom. The molecule has 8 unspecified atom stereocenters. The number of hydrogen-bond acceptors (Lipinski definition) is 7. The summed E-state index contributed by atoms with van der Waals surface area (Å²) < 4.78 is 22.3. The second-order valence-corrected chi connectivity index (χ2v) is 16.3. The van der Waals surface area contributed by atoms with Crippen molar-refractivity contribution < 1.29 is 23.6 Å². The Balaban J connectivity index is 0.00000123. The maximum Gasteiger partial charge on any atom is 0.263 e. The summed E-state index contributed by atoms with van der Waals surface area (Å²) >= 11 is 6.40. The fraction of sp³-hybridized carbons (Fsp3) is 0.579. The number of halogens is 1. The normalized spacial score (nSPS) is 30.3. The van der Waals surface area contributed by atoms with Gasteiger partial charge in [-0.2, -0.15) is 0 Å². The first kappa shape index (κ1) is 38.1. The Kier molecular flexibility index (Phi) is 13.3. The maximum absolute atomic E-state index is 13.3. The number of aliphatic hydroxyl groups is 1. The standard InChI is InChI=1S/C35H45ClN2O5S.C3H9N/c1-5-7-25-16-29(36)11-12-30(25)28-19-38-18-27-9-13-31(27)35(41,23(3)20-39)15-6-8-22(2)24(4)44(42)37-34(40)26-10-14-33(43-21-28)32(38)17-26;1-4(2)3/h6,10-12,14-17,20,22-24,27-28,31,41H,5,7-9,13,18-19,21H2,1-4H3,(H,37,40);1-3H3/b15-6+;. The summed E-state index contributed by atoms with van der Waals surface area (Å²) in [5.74, 6) is -0.211. The van der Waals surface area contributed by atoms with Gasteiger partial charge < -0.3 is 24.4 Å². The van der Waals surface area contributed by atoms with Crippen LogP contribution in [0.3, 0.4) is 0 Å². The quantitative estimate of drug-likeness (QED) is 0.275. The van der Waals surface area contributed by atoms with Crippen LogP contribution in [0.1, 0.15) is 80.8 Å². The summed E-state index contributed by atoms with van der Waals surface area (Å²) in [6.07, 6.45) is 8.80. The zero-order valence-electron chi connectivity index (χ0n) is 29.6. The monoisotopic (exact) mass is 699 g/mol. The summed E-state index contributed by atoms with van der Waals surface area (Å²) in [5.41, 5.74) is 2.35. The number of benzene rings is 2. The highest BCUT2D eigenvalue weighted by molar-refractivity contribution is 7.84. The number of carbonyl (C=O) groups excluding carboxylic acids is 2. The molecule has 1 saturated carbocycles. The second-order valence-electron chi connectivity index (χ2n) is 14.3. The molecule has 1 amide bonds. The molecule has 0 saturated heterocycles. The topological polar surface area (TPSA) is 99.2 Å². The molecule has 5 rings (SSSR count). The summed E-state index contributed by atoms with van der Waals surface area (Å²) in [4.78, 5) is 29.7. The van der Waals surface area contributed by atoms with Crippen molar-refractivity contribution in [1.29, 1.82) is 0 Å². The van der Waals surface area contributed by atoms with Crippen LogP contribution in [-0.2, 0) is 22.2 Å². The third-order valence-corrected chi connectivity index (χ3v) is 11.9. The summed E-state index contributed by atoms with van der Waals surface area (Å²) in [6, 6.07) is 11.5. The van der Waals surface area contributed by atoms with Crippen LogP contribution in [0.2, 0.25) is 5.02 Å². The molecule has 2 aromatic carbocycles. The van der Waals surface area contributed by atoms with Gasteiger partial charge in [0, 0.05) is 35.5 Å². The molecule has 264 valence electrons. The Morgan fingerprint density at radius 1 is 1.17 bits per heavy atom. The number of ether oxygens (including phenoxy) is 1. The molecule has 1 aliphatic carbocycles. The predicted octanol–water partition coefficient (Wildman–Crippen LogP) is 6.42. The first-order valence-corrected chi connectivity index (χ1v) is 18.9. The number of nitrogens with zero attached hydrogens (tertiary/aromatic N) is 2. The molecule has 2 N–H and O–H groups in total. The fourth-order valence-corrected chi connectivity index (χ4v) is 8.19. The number of amides is 1. The van der Waals surface area contributed by atoms with Crippen molar-refractivity contribution in [2.24, 2.45) is 23.7 Å². The number of allylic oxidation sites excluding steroid dienone is 1. The molecule has 0 radical (unpaired) electrons. The van der Waals surface area contributed by atoms with Crippen molar-refractivity contribution in [1.82, 2.24) is 9.62 Å². The number of carbonyl (C=O) groups is 2. The van der Waals surface area contributed by atoms with Gasteiger partial charge in [0.25, 0.3) is 5.91 Å². The van der Waals surface area contributed by atoms with E-state index in [1.807, 2.05) is 76.3 Å². The Labute approximate surface area is 294 Å². The van der Waals surface area contributed by atoms with Gasteiger partial charge in [0.15, 0.2) is 0 Å². The van der Waals surface area contributed by atoms with Crippen LogP contribution in [0.15, 0.2) is 48.6 Å². The van der Waals surface area contributed by atoms with E-state index in [1.54, 1.807) is 13.0 Å². The lowest BCUT2D eigenvalue weighted by Crippen LogP contribution is -2.53. The summed E-state index contributed by atoms with van der Waals surface area (Å²) in [7, 11) is 4.39. The van der Waals surface area contributed by atoms with Gasteiger partial charge in [0.2, 0.25) is 0 Å². The molecule has 2 aromatic rings. The highest BCUT2D eigenvalue weighted by atomic mass is 35.5. The third kappa shape index (κ3) is 8.89. The average molecular weight is 700 g/mol. The molecule has 48 heavy (non-hydrogen) atoms. The van der Waals surface area contributed by atoms with Crippen LogP contribution < -0.4 is 14.4 Å². The van der Waals surface area contributed by atoms with E-state index in [0.717, 1.165) is 37.7 Å². The van der Waals surface area contributed by atoms with Gasteiger partial charge in [-0.25, -0.2) is 4.21 Å². The number of anilines is 1. The first-order valence-electron chi connectivity index (χ1n) is 17.3. The first-order chi connectivity index (χ1) is 22.8.